The molecule has 31 heavy (non-hydrogen) atoms. The van der Waals surface area contributed by atoms with Gasteiger partial charge < -0.3 is 20.5 Å². The Kier molecular flexibility index (Phi) is 6.55. The van der Waals surface area contributed by atoms with E-state index < -0.39 is 0 Å². The Hall–Kier alpha value is -3.28. The summed E-state index contributed by atoms with van der Waals surface area (Å²) in [4.78, 5) is 30.3. The molecule has 3 aromatic rings. The van der Waals surface area contributed by atoms with E-state index in [0.29, 0.717) is 18.7 Å². The van der Waals surface area contributed by atoms with E-state index >= 15 is 0 Å². The van der Waals surface area contributed by atoms with Crippen LogP contribution in [0.4, 0.5) is 4.79 Å². The van der Waals surface area contributed by atoms with Crippen LogP contribution in [0.25, 0.3) is 10.9 Å². The Morgan fingerprint density at radius 1 is 1.00 bits per heavy atom. The lowest BCUT2D eigenvalue weighted by molar-refractivity contribution is 0.0724. The number of piperidine rings is 1. The SMILES string of the molecule is Cc1[nH]c2ccccc2c1CCNC(=O)NCc1cccc(C(=O)N2CCCCC2)c1. The number of nitrogens with zero attached hydrogens (tertiary/aromatic N) is 1. The van der Waals surface area contributed by atoms with Gasteiger partial charge in [-0.2, -0.15) is 0 Å². The fourth-order valence-corrected chi connectivity index (χ4v) is 4.30. The van der Waals surface area contributed by atoms with Crippen LogP contribution >= 0.6 is 0 Å². The smallest absolute Gasteiger partial charge is 0.315 e. The lowest BCUT2D eigenvalue weighted by Gasteiger charge is -2.26. The number of aromatic amines is 1. The van der Waals surface area contributed by atoms with Crippen molar-refractivity contribution in [2.24, 2.45) is 0 Å². The predicted molar refractivity (Wildman–Crippen MR) is 123 cm³/mol. The van der Waals surface area contributed by atoms with Crippen LogP contribution in [0.1, 0.15) is 46.4 Å². The average Bonchev–Trinajstić information content (AvgIpc) is 3.13. The molecule has 1 aliphatic rings. The minimum absolute atomic E-state index is 0.0834. The van der Waals surface area contributed by atoms with Gasteiger partial charge in [-0.05, 0) is 61.9 Å². The molecule has 2 heterocycles. The number of hydrogen-bond donors (Lipinski definition) is 3. The van der Waals surface area contributed by atoms with Gasteiger partial charge in [-0.15, -0.1) is 0 Å². The fraction of sp³-hybridized carbons (Fsp3) is 0.360. The van der Waals surface area contributed by atoms with Crippen molar-refractivity contribution in [2.75, 3.05) is 19.6 Å². The van der Waals surface area contributed by atoms with E-state index in [2.05, 4.69) is 34.7 Å². The number of carbonyl (C=O) groups excluding carboxylic acids is 2. The molecule has 1 aromatic heterocycles. The lowest BCUT2D eigenvalue weighted by atomic mass is 10.1. The van der Waals surface area contributed by atoms with Crippen LogP contribution in [0.15, 0.2) is 48.5 Å². The zero-order valence-corrected chi connectivity index (χ0v) is 18.0. The van der Waals surface area contributed by atoms with Gasteiger partial charge in [-0.1, -0.05) is 30.3 Å². The van der Waals surface area contributed by atoms with Crippen molar-refractivity contribution >= 4 is 22.8 Å². The van der Waals surface area contributed by atoms with Crippen LogP contribution in [0.3, 0.4) is 0 Å². The summed E-state index contributed by atoms with van der Waals surface area (Å²) in [6, 6.07) is 15.6. The van der Waals surface area contributed by atoms with Gasteiger partial charge in [0.05, 0.1) is 0 Å². The molecule has 6 heteroatoms. The molecule has 4 rings (SSSR count). The van der Waals surface area contributed by atoms with E-state index in [1.807, 2.05) is 41.3 Å². The Labute approximate surface area is 183 Å². The van der Waals surface area contributed by atoms with Gasteiger partial charge in [0, 0.05) is 48.3 Å². The van der Waals surface area contributed by atoms with Gasteiger partial charge in [0.25, 0.3) is 5.91 Å². The fourth-order valence-electron chi connectivity index (χ4n) is 4.30. The molecule has 3 N–H and O–H groups in total. The van der Waals surface area contributed by atoms with Crippen LogP contribution in [-0.4, -0.2) is 41.5 Å². The lowest BCUT2D eigenvalue weighted by Crippen LogP contribution is -2.36. The molecule has 162 valence electrons. The summed E-state index contributed by atoms with van der Waals surface area (Å²) < 4.78 is 0. The molecule has 0 spiro atoms. The summed E-state index contributed by atoms with van der Waals surface area (Å²) >= 11 is 0. The van der Waals surface area contributed by atoms with Gasteiger partial charge in [0.2, 0.25) is 0 Å². The number of benzene rings is 2. The Balaban J connectivity index is 1.27. The molecule has 6 nitrogen and oxygen atoms in total. The molecule has 0 bridgehead atoms. The first-order valence-corrected chi connectivity index (χ1v) is 11.1. The van der Waals surface area contributed by atoms with E-state index in [1.165, 1.54) is 17.4 Å². The molecule has 3 amide bonds. The summed E-state index contributed by atoms with van der Waals surface area (Å²) in [6.45, 7) is 4.67. The minimum Gasteiger partial charge on any atom is -0.358 e. The Morgan fingerprint density at radius 2 is 1.81 bits per heavy atom. The highest BCUT2D eigenvalue weighted by molar-refractivity contribution is 5.94. The highest BCUT2D eigenvalue weighted by atomic mass is 16.2. The molecular formula is C25H30N4O2. The highest BCUT2D eigenvalue weighted by Gasteiger charge is 2.18. The molecule has 0 saturated carbocycles. The normalized spacial score (nSPS) is 13.9. The van der Waals surface area contributed by atoms with E-state index in [-0.39, 0.29) is 11.9 Å². The van der Waals surface area contributed by atoms with Crippen LogP contribution in [0.2, 0.25) is 0 Å². The number of likely N-dealkylation sites (tertiary alicyclic amines) is 1. The van der Waals surface area contributed by atoms with Crippen molar-refractivity contribution in [1.82, 2.24) is 20.5 Å². The molecule has 1 fully saturated rings. The molecule has 0 atom stereocenters. The summed E-state index contributed by atoms with van der Waals surface area (Å²) in [5.41, 5.74) is 5.11. The van der Waals surface area contributed by atoms with E-state index in [1.54, 1.807) is 0 Å². The number of rotatable bonds is 6. The van der Waals surface area contributed by atoms with Crippen molar-refractivity contribution in [3.8, 4) is 0 Å². The first-order valence-electron chi connectivity index (χ1n) is 11.1. The minimum atomic E-state index is -0.203. The standard InChI is InChI=1S/C25H30N4O2/c1-18-21(22-10-3-4-11-23(22)28-18)12-13-26-25(31)27-17-19-8-7-9-20(16-19)24(30)29-14-5-2-6-15-29/h3-4,7-11,16,28H,2,5-6,12-15,17H2,1H3,(H2,26,27,31). The molecule has 0 unspecified atom stereocenters. The maximum Gasteiger partial charge on any atom is 0.315 e. The maximum atomic E-state index is 12.7. The first-order chi connectivity index (χ1) is 15.1. The number of carbonyl (C=O) groups is 2. The topological polar surface area (TPSA) is 77.2 Å². The number of urea groups is 1. The molecule has 2 aromatic carbocycles. The average molecular weight is 419 g/mol. The van der Waals surface area contributed by atoms with Gasteiger partial charge in [0.1, 0.15) is 0 Å². The Bertz CT molecular complexity index is 1070. The zero-order chi connectivity index (χ0) is 21.6. The number of hydrogen-bond acceptors (Lipinski definition) is 2. The number of fused-ring (bicyclic) bond motifs is 1. The van der Waals surface area contributed by atoms with Crippen LogP contribution in [0, 0.1) is 6.92 Å². The second-order valence-corrected chi connectivity index (χ2v) is 8.19. The van der Waals surface area contributed by atoms with Crippen LogP contribution in [-0.2, 0) is 13.0 Å². The van der Waals surface area contributed by atoms with Crippen molar-refractivity contribution < 1.29 is 9.59 Å². The number of nitrogens with one attached hydrogen (secondary N) is 3. The third-order valence-electron chi connectivity index (χ3n) is 5.96. The van der Waals surface area contributed by atoms with Gasteiger partial charge in [0.15, 0.2) is 0 Å². The van der Waals surface area contributed by atoms with E-state index in [0.717, 1.165) is 49.1 Å². The zero-order valence-electron chi connectivity index (χ0n) is 18.0. The molecule has 0 aliphatic carbocycles. The van der Waals surface area contributed by atoms with E-state index in [9.17, 15) is 9.59 Å². The summed E-state index contributed by atoms with van der Waals surface area (Å²) in [5.74, 6) is 0.0834. The number of para-hydroxylation sites is 1. The van der Waals surface area contributed by atoms with Crippen LogP contribution in [0.5, 0.6) is 0 Å². The molecular weight excluding hydrogens is 388 g/mol. The number of H-pyrrole nitrogens is 1. The van der Waals surface area contributed by atoms with E-state index in [4.69, 9.17) is 0 Å². The van der Waals surface area contributed by atoms with Crippen molar-refractivity contribution in [2.45, 2.75) is 39.2 Å². The predicted octanol–water partition coefficient (Wildman–Crippen LogP) is 4.14. The van der Waals surface area contributed by atoms with Crippen molar-refractivity contribution in [1.29, 1.82) is 0 Å². The van der Waals surface area contributed by atoms with Crippen molar-refractivity contribution in [3.05, 3.63) is 70.9 Å². The van der Waals surface area contributed by atoms with Crippen molar-refractivity contribution in [3.63, 3.8) is 0 Å². The van der Waals surface area contributed by atoms with Crippen LogP contribution < -0.4 is 10.6 Å². The number of aromatic nitrogens is 1. The van der Waals surface area contributed by atoms with Gasteiger partial charge >= 0.3 is 6.03 Å². The molecule has 0 radical (unpaired) electrons. The monoisotopic (exact) mass is 418 g/mol. The summed E-state index contributed by atoms with van der Waals surface area (Å²) in [7, 11) is 0. The van der Waals surface area contributed by atoms with Gasteiger partial charge in [-0.3, -0.25) is 4.79 Å². The Morgan fingerprint density at radius 3 is 2.65 bits per heavy atom. The quantitative estimate of drug-likeness (QED) is 0.563. The molecule has 1 aliphatic heterocycles. The highest BCUT2D eigenvalue weighted by Crippen LogP contribution is 2.22. The largest absolute Gasteiger partial charge is 0.358 e. The van der Waals surface area contributed by atoms with Gasteiger partial charge in [-0.25, -0.2) is 4.79 Å². The summed E-state index contributed by atoms with van der Waals surface area (Å²) in [6.07, 6.45) is 4.11. The maximum absolute atomic E-state index is 12.7. The second-order valence-electron chi connectivity index (χ2n) is 8.19. The third-order valence-corrected chi connectivity index (χ3v) is 5.96. The summed E-state index contributed by atoms with van der Waals surface area (Å²) in [5, 5.41) is 7.03. The number of aryl methyl sites for hydroxylation is 1. The third kappa shape index (κ3) is 5.08. The first kappa shape index (κ1) is 21.0. The second kappa shape index (κ2) is 9.69. The number of amides is 3. The molecule has 1 saturated heterocycles.